The monoisotopic (exact) mass is 407 g/mol. The molecule has 7 heteroatoms. The highest BCUT2D eigenvalue weighted by Gasteiger charge is 2.36. The fraction of sp³-hybridized carbons (Fsp3) is 0.261. The van der Waals surface area contributed by atoms with Crippen molar-refractivity contribution in [2.75, 3.05) is 11.4 Å². The standard InChI is InChI=1S/C23H21NO6/c1-13-3-5-17(6-4-13)24-11-15(9-20(24)26)23(28)29-12-16-10-21(27)30-22-14(2)19(25)8-7-18(16)22/h3-8,10,15,25H,9,11-12H2,1-2H3/t15-/m0/s1. The van der Waals surface area contributed by atoms with E-state index in [0.717, 1.165) is 11.3 Å². The third-order valence-corrected chi connectivity index (χ3v) is 5.39. The van der Waals surface area contributed by atoms with Crippen molar-refractivity contribution in [1.82, 2.24) is 0 Å². The van der Waals surface area contributed by atoms with Gasteiger partial charge in [-0.1, -0.05) is 17.7 Å². The number of hydrogen-bond acceptors (Lipinski definition) is 6. The van der Waals surface area contributed by atoms with Crippen molar-refractivity contribution >= 4 is 28.5 Å². The molecule has 0 aliphatic carbocycles. The minimum absolute atomic E-state index is 0.0143. The largest absolute Gasteiger partial charge is 0.508 e. The maximum absolute atomic E-state index is 12.6. The lowest BCUT2D eigenvalue weighted by atomic mass is 10.1. The number of benzene rings is 2. The SMILES string of the molecule is Cc1ccc(N2C[C@@H](C(=O)OCc3cc(=O)oc4c(C)c(O)ccc34)CC2=O)cc1. The van der Waals surface area contributed by atoms with Gasteiger partial charge in [-0.25, -0.2) is 4.79 Å². The van der Waals surface area contributed by atoms with Gasteiger partial charge in [-0.3, -0.25) is 9.59 Å². The van der Waals surface area contributed by atoms with E-state index in [2.05, 4.69) is 0 Å². The first-order valence-corrected chi connectivity index (χ1v) is 9.62. The van der Waals surface area contributed by atoms with Crippen molar-refractivity contribution in [3.05, 3.63) is 69.6 Å². The minimum Gasteiger partial charge on any atom is -0.508 e. The number of carbonyl (C=O) groups is 2. The molecule has 30 heavy (non-hydrogen) atoms. The molecular formula is C23H21NO6. The number of amides is 1. The van der Waals surface area contributed by atoms with E-state index in [-0.39, 0.29) is 36.8 Å². The molecule has 7 nitrogen and oxygen atoms in total. The molecule has 1 saturated heterocycles. The highest BCUT2D eigenvalue weighted by Crippen LogP contribution is 2.29. The highest BCUT2D eigenvalue weighted by molar-refractivity contribution is 5.99. The molecule has 0 unspecified atom stereocenters. The fourth-order valence-electron chi connectivity index (χ4n) is 3.64. The quantitative estimate of drug-likeness (QED) is 0.527. The van der Waals surface area contributed by atoms with E-state index < -0.39 is 17.5 Å². The van der Waals surface area contributed by atoms with Crippen LogP contribution in [-0.4, -0.2) is 23.5 Å². The fourth-order valence-corrected chi connectivity index (χ4v) is 3.64. The number of anilines is 1. The maximum atomic E-state index is 12.6. The van der Waals surface area contributed by atoms with E-state index >= 15 is 0 Å². The van der Waals surface area contributed by atoms with Crippen LogP contribution in [0.25, 0.3) is 11.0 Å². The first kappa shape index (κ1) is 19.7. The summed E-state index contributed by atoms with van der Waals surface area (Å²) >= 11 is 0. The molecule has 0 bridgehead atoms. The molecule has 154 valence electrons. The first-order valence-electron chi connectivity index (χ1n) is 9.62. The second-order valence-electron chi connectivity index (χ2n) is 7.53. The van der Waals surface area contributed by atoms with Crippen LogP contribution in [-0.2, 0) is 20.9 Å². The molecule has 1 aromatic heterocycles. The number of rotatable bonds is 4. The lowest BCUT2D eigenvalue weighted by molar-refractivity contribution is -0.149. The molecule has 2 heterocycles. The summed E-state index contributed by atoms with van der Waals surface area (Å²) in [6, 6.07) is 11.9. The van der Waals surface area contributed by atoms with E-state index in [9.17, 15) is 19.5 Å². The van der Waals surface area contributed by atoms with Gasteiger partial charge in [0, 0.05) is 41.2 Å². The van der Waals surface area contributed by atoms with Crippen LogP contribution in [0.15, 0.2) is 51.7 Å². The third-order valence-electron chi connectivity index (χ3n) is 5.39. The van der Waals surface area contributed by atoms with Gasteiger partial charge in [0.1, 0.15) is 17.9 Å². The Hall–Kier alpha value is -3.61. The first-order chi connectivity index (χ1) is 14.3. The number of ether oxygens (including phenoxy) is 1. The smallest absolute Gasteiger partial charge is 0.336 e. The van der Waals surface area contributed by atoms with E-state index in [4.69, 9.17) is 9.15 Å². The van der Waals surface area contributed by atoms with Crippen LogP contribution in [0.4, 0.5) is 5.69 Å². The van der Waals surface area contributed by atoms with Gasteiger partial charge in [0.2, 0.25) is 5.91 Å². The molecule has 0 radical (unpaired) electrons. The third kappa shape index (κ3) is 3.66. The lowest BCUT2D eigenvalue weighted by Gasteiger charge is -2.17. The van der Waals surface area contributed by atoms with Crippen LogP contribution in [0.5, 0.6) is 5.75 Å². The molecule has 1 atom stereocenters. The Morgan fingerprint density at radius 1 is 1.17 bits per heavy atom. The summed E-state index contributed by atoms with van der Waals surface area (Å²) in [4.78, 5) is 38.5. The van der Waals surface area contributed by atoms with E-state index in [0.29, 0.717) is 16.5 Å². The summed E-state index contributed by atoms with van der Waals surface area (Å²) in [6.45, 7) is 3.73. The number of aryl methyl sites for hydroxylation is 2. The number of nitrogens with zero attached hydrogens (tertiary/aromatic N) is 1. The molecule has 1 aliphatic heterocycles. The molecular weight excluding hydrogens is 386 g/mol. The molecule has 3 aromatic rings. The van der Waals surface area contributed by atoms with Gasteiger partial charge in [-0.2, -0.15) is 0 Å². The Balaban J connectivity index is 1.49. The van der Waals surface area contributed by atoms with Gasteiger partial charge in [-0.15, -0.1) is 0 Å². The van der Waals surface area contributed by atoms with Crippen molar-refractivity contribution in [3.63, 3.8) is 0 Å². The van der Waals surface area contributed by atoms with E-state index in [1.807, 2.05) is 31.2 Å². The zero-order valence-electron chi connectivity index (χ0n) is 16.7. The molecule has 1 N–H and O–H groups in total. The number of esters is 1. The van der Waals surface area contributed by atoms with Gasteiger partial charge < -0.3 is 19.2 Å². The number of phenolic OH excluding ortho intramolecular Hbond substituents is 1. The van der Waals surface area contributed by atoms with Crippen molar-refractivity contribution in [2.24, 2.45) is 5.92 Å². The maximum Gasteiger partial charge on any atom is 0.336 e. The topological polar surface area (TPSA) is 97.1 Å². The normalized spacial score (nSPS) is 16.3. The Kier molecular flexibility index (Phi) is 5.03. The summed E-state index contributed by atoms with van der Waals surface area (Å²) in [5.74, 6) is -1.18. The molecule has 1 amide bonds. The van der Waals surface area contributed by atoms with Gasteiger partial charge >= 0.3 is 11.6 Å². The molecule has 0 spiro atoms. The van der Waals surface area contributed by atoms with Crippen LogP contribution >= 0.6 is 0 Å². The van der Waals surface area contributed by atoms with Crippen LogP contribution in [0.2, 0.25) is 0 Å². The zero-order valence-corrected chi connectivity index (χ0v) is 16.7. The van der Waals surface area contributed by atoms with E-state index in [1.54, 1.807) is 17.9 Å². The number of hydrogen-bond donors (Lipinski definition) is 1. The second kappa shape index (κ2) is 7.67. The van der Waals surface area contributed by atoms with Gasteiger partial charge in [0.15, 0.2) is 0 Å². The molecule has 0 saturated carbocycles. The van der Waals surface area contributed by atoms with Crippen LogP contribution < -0.4 is 10.5 Å². The van der Waals surface area contributed by atoms with Gasteiger partial charge in [0.05, 0.1) is 5.92 Å². The van der Waals surface area contributed by atoms with Crippen molar-refractivity contribution in [2.45, 2.75) is 26.9 Å². The molecule has 2 aromatic carbocycles. The number of aromatic hydroxyl groups is 1. The van der Waals surface area contributed by atoms with Gasteiger partial charge in [0.25, 0.3) is 0 Å². The Morgan fingerprint density at radius 2 is 1.90 bits per heavy atom. The van der Waals surface area contributed by atoms with Crippen molar-refractivity contribution in [1.29, 1.82) is 0 Å². The van der Waals surface area contributed by atoms with Crippen LogP contribution in [0, 0.1) is 19.8 Å². The summed E-state index contributed by atoms with van der Waals surface area (Å²) in [5, 5.41) is 10.4. The van der Waals surface area contributed by atoms with Crippen molar-refractivity contribution < 1.29 is 23.8 Å². The summed E-state index contributed by atoms with van der Waals surface area (Å²) in [7, 11) is 0. The van der Waals surface area contributed by atoms with Crippen LogP contribution in [0.1, 0.15) is 23.1 Å². The van der Waals surface area contributed by atoms with E-state index in [1.165, 1.54) is 12.1 Å². The van der Waals surface area contributed by atoms with Crippen molar-refractivity contribution in [3.8, 4) is 5.75 Å². The van der Waals surface area contributed by atoms with Crippen LogP contribution in [0.3, 0.4) is 0 Å². The molecule has 1 aliphatic rings. The predicted octanol–water partition coefficient (Wildman–Crippen LogP) is 3.21. The summed E-state index contributed by atoms with van der Waals surface area (Å²) in [6.07, 6.45) is 0.0807. The lowest BCUT2D eigenvalue weighted by Crippen LogP contribution is -2.26. The highest BCUT2D eigenvalue weighted by atomic mass is 16.5. The number of phenols is 1. The average Bonchev–Trinajstić information content (AvgIpc) is 3.11. The zero-order chi connectivity index (χ0) is 21.4. The average molecular weight is 407 g/mol. The summed E-state index contributed by atoms with van der Waals surface area (Å²) < 4.78 is 10.6. The van der Waals surface area contributed by atoms with Gasteiger partial charge in [-0.05, 0) is 38.1 Å². The molecule has 1 fully saturated rings. The Bertz CT molecular complexity index is 1190. The Morgan fingerprint density at radius 3 is 2.63 bits per heavy atom. The predicted molar refractivity (Wildman–Crippen MR) is 110 cm³/mol. The minimum atomic E-state index is -0.594. The number of carbonyl (C=O) groups excluding carboxylic acids is 2. The summed E-state index contributed by atoms with van der Waals surface area (Å²) in [5.41, 5.74) is 2.43. The Labute approximate surface area is 172 Å². The second-order valence-corrected chi connectivity index (χ2v) is 7.53. The number of fused-ring (bicyclic) bond motifs is 1. The molecule has 4 rings (SSSR count).